The Labute approximate surface area is 199 Å². The molecule has 1 aliphatic rings. The van der Waals surface area contributed by atoms with E-state index in [0.29, 0.717) is 30.9 Å². The zero-order valence-electron chi connectivity index (χ0n) is 19.3. The number of benzene rings is 3. The van der Waals surface area contributed by atoms with Gasteiger partial charge in [0.1, 0.15) is 6.61 Å². The van der Waals surface area contributed by atoms with E-state index in [0.717, 1.165) is 10.8 Å². The molecule has 1 aliphatic heterocycles. The van der Waals surface area contributed by atoms with E-state index in [1.807, 2.05) is 73.3 Å². The fraction of sp³-hybridized carbons (Fsp3) is 0.250. The van der Waals surface area contributed by atoms with Crippen molar-refractivity contribution < 1.29 is 14.3 Å². The first-order valence-corrected chi connectivity index (χ1v) is 11.6. The molecule has 0 spiro atoms. The third-order valence-electron chi connectivity index (χ3n) is 6.02. The van der Waals surface area contributed by atoms with E-state index in [-0.39, 0.29) is 24.1 Å². The molecule has 1 amide bonds. The van der Waals surface area contributed by atoms with Crippen molar-refractivity contribution in [1.82, 2.24) is 14.9 Å². The van der Waals surface area contributed by atoms with E-state index in [9.17, 15) is 4.79 Å². The van der Waals surface area contributed by atoms with E-state index in [2.05, 4.69) is 22.1 Å². The van der Waals surface area contributed by atoms with E-state index < -0.39 is 0 Å². The maximum atomic E-state index is 13.8. The Hall–Kier alpha value is -3.93. The van der Waals surface area contributed by atoms with Gasteiger partial charge in [-0.2, -0.15) is 9.97 Å². The van der Waals surface area contributed by atoms with Crippen LogP contribution >= 0.6 is 0 Å². The lowest BCUT2D eigenvalue weighted by atomic mass is 9.93. The number of aromatic nitrogens is 2. The summed E-state index contributed by atoms with van der Waals surface area (Å²) in [5, 5.41) is 2.01. The summed E-state index contributed by atoms with van der Waals surface area (Å²) in [6.07, 6.45) is 3.97. The minimum atomic E-state index is -0.142. The largest absolute Gasteiger partial charge is 0.488 e. The van der Waals surface area contributed by atoms with Crippen LogP contribution in [-0.4, -0.2) is 39.5 Å². The van der Waals surface area contributed by atoms with Crippen LogP contribution in [0.5, 0.6) is 11.8 Å². The maximum Gasteiger partial charge on any atom is 0.316 e. The van der Waals surface area contributed by atoms with E-state index in [4.69, 9.17) is 9.47 Å². The van der Waals surface area contributed by atoms with Gasteiger partial charge in [-0.05, 0) is 48.2 Å². The SMILES string of the molecule is CC(C)Oc1cnc(OCC2Cc3ccccc3CN2C(=O)c2cccc3ccccc23)nc1. The van der Waals surface area contributed by atoms with Crippen molar-refractivity contribution in [3.63, 3.8) is 0 Å². The second-order valence-electron chi connectivity index (χ2n) is 8.77. The molecule has 0 radical (unpaired) electrons. The first kappa shape index (κ1) is 21.9. The zero-order chi connectivity index (χ0) is 23.5. The van der Waals surface area contributed by atoms with Crippen molar-refractivity contribution in [3.8, 4) is 11.8 Å². The Morgan fingerprint density at radius 3 is 2.47 bits per heavy atom. The maximum absolute atomic E-state index is 13.8. The number of carbonyl (C=O) groups excluding carboxylic acids is 1. The summed E-state index contributed by atoms with van der Waals surface area (Å²) in [7, 11) is 0. The Bertz CT molecular complexity index is 1300. The van der Waals surface area contributed by atoms with Gasteiger partial charge in [-0.25, -0.2) is 0 Å². The van der Waals surface area contributed by atoms with Gasteiger partial charge in [-0.15, -0.1) is 0 Å². The predicted molar refractivity (Wildman–Crippen MR) is 131 cm³/mol. The molecule has 3 aromatic carbocycles. The van der Waals surface area contributed by atoms with Crippen LogP contribution in [0.3, 0.4) is 0 Å². The van der Waals surface area contributed by atoms with Crippen LogP contribution in [0.2, 0.25) is 0 Å². The Morgan fingerprint density at radius 1 is 0.971 bits per heavy atom. The zero-order valence-corrected chi connectivity index (χ0v) is 19.3. The van der Waals surface area contributed by atoms with Gasteiger partial charge in [-0.3, -0.25) is 4.79 Å². The van der Waals surface area contributed by atoms with Crippen molar-refractivity contribution in [1.29, 1.82) is 0 Å². The van der Waals surface area contributed by atoms with E-state index in [1.54, 1.807) is 12.4 Å². The summed E-state index contributed by atoms with van der Waals surface area (Å²) >= 11 is 0. The van der Waals surface area contributed by atoms with E-state index in [1.165, 1.54) is 11.1 Å². The van der Waals surface area contributed by atoms with Crippen LogP contribution in [0.25, 0.3) is 10.8 Å². The van der Waals surface area contributed by atoms with Gasteiger partial charge < -0.3 is 14.4 Å². The van der Waals surface area contributed by atoms with E-state index >= 15 is 0 Å². The Kier molecular flexibility index (Phi) is 6.12. The summed E-state index contributed by atoms with van der Waals surface area (Å²) in [5.41, 5.74) is 3.10. The molecule has 0 aliphatic carbocycles. The molecule has 0 fully saturated rings. The number of ether oxygens (including phenoxy) is 2. The molecule has 0 bridgehead atoms. The average molecular weight is 454 g/mol. The summed E-state index contributed by atoms with van der Waals surface area (Å²) < 4.78 is 11.6. The fourth-order valence-electron chi connectivity index (χ4n) is 4.42. The Balaban J connectivity index is 1.40. The van der Waals surface area contributed by atoms with Gasteiger partial charge in [0.15, 0.2) is 5.75 Å². The third-order valence-corrected chi connectivity index (χ3v) is 6.02. The summed E-state index contributed by atoms with van der Waals surface area (Å²) in [6, 6.07) is 22.3. The molecule has 1 atom stereocenters. The molecule has 2 heterocycles. The molecule has 5 rings (SSSR count). The monoisotopic (exact) mass is 453 g/mol. The topological polar surface area (TPSA) is 64.6 Å². The lowest BCUT2D eigenvalue weighted by Gasteiger charge is -2.37. The molecule has 0 saturated carbocycles. The van der Waals surface area contributed by atoms with Crippen molar-refractivity contribution in [2.45, 2.75) is 39.0 Å². The molecule has 1 aromatic heterocycles. The van der Waals surface area contributed by atoms with Crippen LogP contribution in [0, 0.1) is 0 Å². The van der Waals surface area contributed by atoms with Crippen LogP contribution in [0.4, 0.5) is 0 Å². The minimum absolute atomic E-state index is 0.00139. The van der Waals surface area contributed by atoms with Crippen molar-refractivity contribution in [2.75, 3.05) is 6.61 Å². The second kappa shape index (κ2) is 9.51. The summed E-state index contributed by atoms with van der Waals surface area (Å²) in [4.78, 5) is 24.3. The molecular formula is C28H27N3O3. The van der Waals surface area contributed by atoms with Gasteiger partial charge in [0.2, 0.25) is 0 Å². The third kappa shape index (κ3) is 4.57. The van der Waals surface area contributed by atoms with Gasteiger partial charge in [-0.1, -0.05) is 60.7 Å². The molecule has 172 valence electrons. The van der Waals surface area contributed by atoms with Crippen molar-refractivity contribution in [3.05, 3.63) is 95.8 Å². The van der Waals surface area contributed by atoms with Gasteiger partial charge in [0.05, 0.1) is 24.5 Å². The Morgan fingerprint density at radius 2 is 1.68 bits per heavy atom. The first-order chi connectivity index (χ1) is 16.6. The number of hydrogen-bond donors (Lipinski definition) is 0. The van der Waals surface area contributed by atoms with Crippen molar-refractivity contribution >= 4 is 16.7 Å². The van der Waals surface area contributed by atoms with Gasteiger partial charge in [0.25, 0.3) is 5.91 Å². The molecule has 6 heteroatoms. The molecule has 0 N–H and O–H groups in total. The van der Waals surface area contributed by atoms with Crippen LogP contribution in [0.1, 0.15) is 35.3 Å². The number of fused-ring (bicyclic) bond motifs is 2. The lowest BCUT2D eigenvalue weighted by molar-refractivity contribution is 0.0560. The van der Waals surface area contributed by atoms with Crippen LogP contribution in [-0.2, 0) is 13.0 Å². The lowest BCUT2D eigenvalue weighted by Crippen LogP contribution is -2.47. The van der Waals surface area contributed by atoms with Crippen molar-refractivity contribution in [2.24, 2.45) is 0 Å². The number of hydrogen-bond acceptors (Lipinski definition) is 5. The highest BCUT2D eigenvalue weighted by atomic mass is 16.5. The number of rotatable bonds is 6. The number of carbonyl (C=O) groups is 1. The quantitative estimate of drug-likeness (QED) is 0.408. The minimum Gasteiger partial charge on any atom is -0.488 e. The van der Waals surface area contributed by atoms with Gasteiger partial charge >= 0.3 is 6.01 Å². The smallest absolute Gasteiger partial charge is 0.316 e. The second-order valence-corrected chi connectivity index (χ2v) is 8.77. The summed E-state index contributed by atoms with van der Waals surface area (Å²) in [6.45, 7) is 4.74. The number of nitrogens with zero attached hydrogens (tertiary/aromatic N) is 3. The number of amides is 1. The molecule has 6 nitrogen and oxygen atoms in total. The normalized spacial score (nSPS) is 15.3. The molecule has 4 aromatic rings. The summed E-state index contributed by atoms with van der Waals surface area (Å²) in [5.74, 6) is 0.600. The highest BCUT2D eigenvalue weighted by Gasteiger charge is 2.31. The van der Waals surface area contributed by atoms with Crippen LogP contribution in [0.15, 0.2) is 79.1 Å². The highest BCUT2D eigenvalue weighted by Crippen LogP contribution is 2.28. The predicted octanol–water partition coefficient (Wildman–Crippen LogP) is 5.06. The standard InChI is InChI=1S/C28H27N3O3/c1-19(2)34-24-15-29-28(30-16-24)33-18-23-14-21-9-3-4-10-22(21)17-31(23)27(32)26-13-7-11-20-8-5-6-12-25(20)26/h3-13,15-16,19,23H,14,17-18H2,1-2H3. The van der Waals surface area contributed by atoms with Crippen LogP contribution < -0.4 is 9.47 Å². The molecule has 1 unspecified atom stereocenters. The van der Waals surface area contributed by atoms with Gasteiger partial charge in [0, 0.05) is 12.1 Å². The fourth-order valence-corrected chi connectivity index (χ4v) is 4.42. The molecular weight excluding hydrogens is 426 g/mol. The highest BCUT2D eigenvalue weighted by molar-refractivity contribution is 6.07. The molecule has 34 heavy (non-hydrogen) atoms. The first-order valence-electron chi connectivity index (χ1n) is 11.6. The molecule has 0 saturated heterocycles. The average Bonchev–Trinajstić information content (AvgIpc) is 2.86.